The van der Waals surface area contributed by atoms with Crippen LogP contribution in [0.1, 0.15) is 34.5 Å². The lowest BCUT2D eigenvalue weighted by Crippen LogP contribution is -2.30. The van der Waals surface area contributed by atoms with E-state index in [0.717, 1.165) is 23.4 Å². The zero-order chi connectivity index (χ0) is 20.1. The Morgan fingerprint density at radius 1 is 0.966 bits per heavy atom. The maximum absolute atomic E-state index is 13.1. The summed E-state index contributed by atoms with van der Waals surface area (Å²) in [6.07, 6.45) is 4.21. The minimum atomic E-state index is -0.214. The van der Waals surface area contributed by atoms with E-state index >= 15 is 0 Å². The van der Waals surface area contributed by atoms with Crippen LogP contribution in [0.2, 0.25) is 0 Å². The third-order valence-electron chi connectivity index (χ3n) is 5.03. The molecule has 0 atom stereocenters. The maximum Gasteiger partial charge on any atom is 0.294 e. The Morgan fingerprint density at radius 2 is 1.76 bits per heavy atom. The van der Waals surface area contributed by atoms with Crippen LogP contribution in [0.5, 0.6) is 0 Å². The van der Waals surface area contributed by atoms with Crippen molar-refractivity contribution in [2.45, 2.75) is 25.8 Å². The predicted octanol–water partition coefficient (Wildman–Crippen LogP) is 4.20. The normalized spacial score (nSPS) is 13.1. The lowest BCUT2D eigenvalue weighted by molar-refractivity contribution is -0.120. The lowest BCUT2D eigenvalue weighted by Gasteiger charge is -2.22. The zero-order valence-electron chi connectivity index (χ0n) is 16.2. The number of furan rings is 1. The fourth-order valence-corrected chi connectivity index (χ4v) is 3.24. The predicted molar refractivity (Wildman–Crippen MR) is 112 cm³/mol. The Bertz CT molecular complexity index is 963. The van der Waals surface area contributed by atoms with Gasteiger partial charge in [-0.15, -0.1) is 0 Å². The highest BCUT2D eigenvalue weighted by Gasteiger charge is 2.22. The van der Waals surface area contributed by atoms with Gasteiger partial charge in [0.15, 0.2) is 5.76 Å². The van der Waals surface area contributed by atoms with Gasteiger partial charge in [0.25, 0.3) is 5.91 Å². The SMILES string of the molecule is O=C(Cc1cccc(N(Cc2ccccc2)C(=O)c2ccco2)c1)NCC1CC1. The number of nitrogens with one attached hydrogen (secondary N) is 1. The van der Waals surface area contributed by atoms with E-state index in [0.29, 0.717) is 18.9 Å². The summed E-state index contributed by atoms with van der Waals surface area (Å²) in [6.45, 7) is 1.17. The van der Waals surface area contributed by atoms with E-state index in [-0.39, 0.29) is 17.6 Å². The van der Waals surface area contributed by atoms with E-state index in [1.165, 1.54) is 19.1 Å². The van der Waals surface area contributed by atoms with E-state index in [9.17, 15) is 9.59 Å². The highest BCUT2D eigenvalue weighted by atomic mass is 16.3. The quantitative estimate of drug-likeness (QED) is 0.629. The number of carbonyl (C=O) groups excluding carboxylic acids is 2. The van der Waals surface area contributed by atoms with Gasteiger partial charge in [-0.2, -0.15) is 0 Å². The van der Waals surface area contributed by atoms with Crippen molar-refractivity contribution in [1.29, 1.82) is 0 Å². The Morgan fingerprint density at radius 3 is 2.48 bits per heavy atom. The molecule has 1 aliphatic rings. The minimum Gasteiger partial charge on any atom is -0.459 e. The van der Waals surface area contributed by atoms with Crippen molar-refractivity contribution in [3.05, 3.63) is 89.9 Å². The third-order valence-corrected chi connectivity index (χ3v) is 5.03. The van der Waals surface area contributed by atoms with E-state index in [2.05, 4.69) is 5.32 Å². The first-order valence-electron chi connectivity index (χ1n) is 9.94. The molecule has 0 aliphatic heterocycles. The van der Waals surface area contributed by atoms with Gasteiger partial charge in [0.2, 0.25) is 5.91 Å². The standard InChI is InChI=1S/C24H24N2O3/c27-23(25-16-18-11-12-18)15-20-8-4-9-21(14-20)26(17-19-6-2-1-3-7-19)24(28)22-10-5-13-29-22/h1-10,13-14,18H,11-12,15-17H2,(H,25,27). The van der Waals surface area contributed by atoms with Gasteiger partial charge in [0.1, 0.15) is 0 Å². The first-order chi connectivity index (χ1) is 14.2. The average Bonchev–Trinajstić information content (AvgIpc) is 3.42. The fraction of sp³-hybridized carbons (Fsp3) is 0.250. The highest BCUT2D eigenvalue weighted by Crippen LogP contribution is 2.27. The monoisotopic (exact) mass is 388 g/mol. The van der Waals surface area contributed by atoms with Gasteiger partial charge in [0, 0.05) is 12.2 Å². The molecule has 148 valence electrons. The van der Waals surface area contributed by atoms with Crippen LogP contribution in [0.3, 0.4) is 0 Å². The Balaban J connectivity index is 1.54. The van der Waals surface area contributed by atoms with Crippen molar-refractivity contribution < 1.29 is 14.0 Å². The van der Waals surface area contributed by atoms with Crippen LogP contribution < -0.4 is 10.2 Å². The van der Waals surface area contributed by atoms with Crippen molar-refractivity contribution in [3.8, 4) is 0 Å². The van der Waals surface area contributed by atoms with Crippen LogP contribution >= 0.6 is 0 Å². The largest absolute Gasteiger partial charge is 0.459 e. The molecule has 1 fully saturated rings. The van der Waals surface area contributed by atoms with Crippen LogP contribution in [0.4, 0.5) is 5.69 Å². The van der Waals surface area contributed by atoms with Gasteiger partial charge in [0.05, 0.1) is 19.2 Å². The lowest BCUT2D eigenvalue weighted by atomic mass is 10.1. The molecule has 1 heterocycles. The van der Waals surface area contributed by atoms with Crippen LogP contribution in [0.25, 0.3) is 0 Å². The van der Waals surface area contributed by atoms with Gasteiger partial charge in [-0.3, -0.25) is 9.59 Å². The Labute approximate surface area is 170 Å². The van der Waals surface area contributed by atoms with E-state index in [1.807, 2.05) is 54.6 Å². The minimum absolute atomic E-state index is 0.0148. The molecule has 2 amide bonds. The molecule has 5 nitrogen and oxygen atoms in total. The van der Waals surface area contributed by atoms with Crippen molar-refractivity contribution in [1.82, 2.24) is 5.32 Å². The van der Waals surface area contributed by atoms with Crippen molar-refractivity contribution in [3.63, 3.8) is 0 Å². The number of amides is 2. The maximum atomic E-state index is 13.1. The Kier molecular flexibility index (Phi) is 5.75. The van der Waals surface area contributed by atoms with E-state index in [4.69, 9.17) is 4.42 Å². The topological polar surface area (TPSA) is 62.6 Å². The molecule has 29 heavy (non-hydrogen) atoms. The summed E-state index contributed by atoms with van der Waals surface area (Å²) in [6, 6.07) is 20.8. The summed E-state index contributed by atoms with van der Waals surface area (Å²) in [5.41, 5.74) is 2.63. The molecule has 1 aliphatic carbocycles. The van der Waals surface area contributed by atoms with Gasteiger partial charge in [-0.05, 0) is 54.2 Å². The van der Waals surface area contributed by atoms with Gasteiger partial charge in [-0.1, -0.05) is 42.5 Å². The molecular formula is C24H24N2O3. The second-order valence-corrected chi connectivity index (χ2v) is 7.45. The molecule has 0 bridgehead atoms. The molecule has 4 rings (SSSR count). The number of benzene rings is 2. The molecular weight excluding hydrogens is 364 g/mol. The molecule has 0 spiro atoms. The molecule has 1 aromatic heterocycles. The second-order valence-electron chi connectivity index (χ2n) is 7.45. The average molecular weight is 388 g/mol. The van der Waals surface area contributed by atoms with Crippen LogP contribution in [0, 0.1) is 5.92 Å². The number of rotatable bonds is 8. The molecule has 5 heteroatoms. The fourth-order valence-electron chi connectivity index (χ4n) is 3.24. The third kappa shape index (κ3) is 5.13. The number of nitrogens with zero attached hydrogens (tertiary/aromatic N) is 1. The van der Waals surface area contributed by atoms with Crippen molar-refractivity contribution >= 4 is 17.5 Å². The zero-order valence-corrected chi connectivity index (χ0v) is 16.2. The smallest absolute Gasteiger partial charge is 0.294 e. The summed E-state index contributed by atoms with van der Waals surface area (Å²) in [5, 5.41) is 2.99. The second kappa shape index (κ2) is 8.78. The number of carbonyl (C=O) groups is 2. The summed E-state index contributed by atoms with van der Waals surface area (Å²) in [7, 11) is 0. The number of hydrogen-bond acceptors (Lipinski definition) is 3. The number of anilines is 1. The molecule has 0 unspecified atom stereocenters. The van der Waals surface area contributed by atoms with Gasteiger partial charge in [-0.25, -0.2) is 0 Å². The van der Waals surface area contributed by atoms with Crippen LogP contribution in [0.15, 0.2) is 77.4 Å². The summed E-state index contributed by atoms with van der Waals surface area (Å²) in [4.78, 5) is 27.0. The summed E-state index contributed by atoms with van der Waals surface area (Å²) in [5.74, 6) is 0.737. The highest BCUT2D eigenvalue weighted by molar-refractivity contribution is 6.04. The first-order valence-corrected chi connectivity index (χ1v) is 9.94. The summed E-state index contributed by atoms with van der Waals surface area (Å²) < 4.78 is 5.34. The van der Waals surface area contributed by atoms with Gasteiger partial charge >= 0.3 is 0 Å². The van der Waals surface area contributed by atoms with E-state index < -0.39 is 0 Å². The molecule has 2 aromatic carbocycles. The molecule has 1 N–H and O–H groups in total. The first kappa shape index (κ1) is 19.0. The number of hydrogen-bond donors (Lipinski definition) is 1. The van der Waals surface area contributed by atoms with Gasteiger partial charge < -0.3 is 14.6 Å². The van der Waals surface area contributed by atoms with Crippen molar-refractivity contribution in [2.24, 2.45) is 5.92 Å². The van der Waals surface area contributed by atoms with E-state index in [1.54, 1.807) is 17.0 Å². The molecule has 0 saturated heterocycles. The summed E-state index contributed by atoms with van der Waals surface area (Å²) >= 11 is 0. The molecule has 1 saturated carbocycles. The molecule has 0 radical (unpaired) electrons. The van der Waals surface area contributed by atoms with Crippen LogP contribution in [-0.2, 0) is 17.8 Å². The Hall–Kier alpha value is -3.34. The molecule has 3 aromatic rings. The van der Waals surface area contributed by atoms with Crippen molar-refractivity contribution in [2.75, 3.05) is 11.4 Å². The van der Waals surface area contributed by atoms with Crippen LogP contribution in [-0.4, -0.2) is 18.4 Å².